The van der Waals surface area contributed by atoms with E-state index in [0.717, 1.165) is 29.1 Å². The summed E-state index contributed by atoms with van der Waals surface area (Å²) < 4.78 is 151. The molecular weight excluding hydrogens is 687 g/mol. The van der Waals surface area contributed by atoms with Gasteiger partial charge in [0.1, 0.15) is 0 Å². The van der Waals surface area contributed by atoms with Crippen molar-refractivity contribution in [2.24, 2.45) is 23.2 Å². The third-order valence-corrected chi connectivity index (χ3v) is 15.2. The van der Waals surface area contributed by atoms with Crippen LogP contribution in [0.4, 0.5) is 26.3 Å². The van der Waals surface area contributed by atoms with Gasteiger partial charge in [-0.1, -0.05) is 48.5 Å². The summed E-state index contributed by atoms with van der Waals surface area (Å²) in [6, 6.07) is 23.6. The third-order valence-electron chi connectivity index (χ3n) is 9.98. The fourth-order valence-corrected chi connectivity index (χ4v) is 13.0. The molecule has 0 spiro atoms. The van der Waals surface area contributed by atoms with E-state index in [0.29, 0.717) is 24.2 Å². The smallest absolute Gasteiger partial charge is 0.415 e. The van der Waals surface area contributed by atoms with Gasteiger partial charge in [-0.3, -0.25) is 0 Å². The minimum Gasteiger partial charge on any atom is -0.743 e. The van der Waals surface area contributed by atoms with Crippen molar-refractivity contribution in [3.8, 4) is 0 Å². The van der Waals surface area contributed by atoms with Crippen molar-refractivity contribution in [3.63, 3.8) is 0 Å². The molecule has 3 aromatic carbocycles. The van der Waals surface area contributed by atoms with Crippen LogP contribution in [0.25, 0.3) is 0 Å². The summed E-state index contributed by atoms with van der Waals surface area (Å²) in [5.41, 5.74) is -1.12. The van der Waals surface area contributed by atoms with Gasteiger partial charge in [0.25, 0.3) is 0 Å². The molecule has 47 heavy (non-hydrogen) atoms. The van der Waals surface area contributed by atoms with Crippen molar-refractivity contribution in [1.29, 1.82) is 0 Å². The second-order valence-corrected chi connectivity index (χ2v) is 18.8. The number of hydrogen-bond acceptors (Lipinski definition) is 5. The molecule has 4 saturated carbocycles. The first kappa shape index (κ1) is 34.3. The van der Waals surface area contributed by atoms with Crippen LogP contribution < -0.4 is 0 Å². The van der Waals surface area contributed by atoms with Gasteiger partial charge in [-0.05, 0) is 110 Å². The van der Waals surface area contributed by atoms with Crippen molar-refractivity contribution >= 4 is 30.9 Å². The molecule has 7 rings (SSSR count). The maximum Gasteiger partial charge on any atom is 0.415 e. The summed E-state index contributed by atoms with van der Waals surface area (Å²) in [7, 11) is -14.9. The molecule has 0 saturated heterocycles. The Morgan fingerprint density at radius 3 is 1.57 bits per heavy atom. The Balaban J connectivity index is 1.50. The van der Waals surface area contributed by atoms with Gasteiger partial charge < -0.3 is 4.55 Å². The van der Waals surface area contributed by atoms with Gasteiger partial charge in [0, 0.05) is 0 Å². The van der Waals surface area contributed by atoms with Crippen molar-refractivity contribution in [3.05, 3.63) is 90.5 Å². The Morgan fingerprint density at radius 1 is 0.681 bits per heavy atom. The summed E-state index contributed by atoms with van der Waals surface area (Å²) in [5.74, 6) is -6.45. The Hall–Kier alpha value is -2.55. The normalized spacial score (nSPS) is 25.7. The molecule has 4 aliphatic rings. The van der Waals surface area contributed by atoms with E-state index in [1.165, 1.54) is 18.2 Å². The van der Waals surface area contributed by atoms with Crippen LogP contribution in [0.3, 0.4) is 0 Å². The SMILES string of the molecule is O=S(=O)([O-])C(F)(F)C(F)(F)C(F)(F)S(=O)(=O)C(CC12CC3CC(CC(C3)C1)C2)c1cccc([S+](c2ccccc2)c2ccccc2)c1. The molecular formula is C33H32F6O5S3. The van der Waals surface area contributed by atoms with E-state index in [1.807, 2.05) is 24.3 Å². The first-order valence-electron chi connectivity index (χ1n) is 15.2. The fourth-order valence-electron chi connectivity index (χ4n) is 8.39. The van der Waals surface area contributed by atoms with E-state index >= 15 is 8.78 Å². The van der Waals surface area contributed by atoms with E-state index < -0.39 is 64.4 Å². The average molecular weight is 719 g/mol. The number of alkyl halides is 6. The van der Waals surface area contributed by atoms with E-state index in [-0.39, 0.29) is 23.3 Å². The molecule has 4 fully saturated rings. The molecule has 0 aliphatic heterocycles. The zero-order chi connectivity index (χ0) is 34.0. The first-order valence-corrected chi connectivity index (χ1v) is 19.3. The van der Waals surface area contributed by atoms with Gasteiger partial charge in [0.15, 0.2) is 24.8 Å². The molecule has 0 N–H and O–H groups in total. The van der Waals surface area contributed by atoms with Gasteiger partial charge in [-0.2, -0.15) is 26.3 Å². The maximum atomic E-state index is 15.7. The molecule has 0 aromatic heterocycles. The summed E-state index contributed by atoms with van der Waals surface area (Å²) in [6.07, 6.45) is 3.59. The van der Waals surface area contributed by atoms with Crippen LogP contribution in [0, 0.1) is 23.2 Å². The number of halogens is 6. The lowest BCUT2D eigenvalue weighted by Crippen LogP contribution is -2.61. The lowest BCUT2D eigenvalue weighted by molar-refractivity contribution is -0.246. The van der Waals surface area contributed by atoms with Gasteiger partial charge >= 0.3 is 16.4 Å². The zero-order valence-corrected chi connectivity index (χ0v) is 27.3. The van der Waals surface area contributed by atoms with Gasteiger partial charge in [-0.25, -0.2) is 16.8 Å². The van der Waals surface area contributed by atoms with Crippen LogP contribution in [0.15, 0.2) is 99.6 Å². The van der Waals surface area contributed by atoms with Crippen LogP contribution in [0.5, 0.6) is 0 Å². The number of rotatable bonds is 11. The minimum atomic E-state index is -7.39. The van der Waals surface area contributed by atoms with E-state index in [4.69, 9.17) is 0 Å². The van der Waals surface area contributed by atoms with Crippen molar-refractivity contribution in [2.45, 2.75) is 81.3 Å². The molecule has 0 heterocycles. The molecule has 4 bridgehead atoms. The Bertz CT molecular complexity index is 1760. The van der Waals surface area contributed by atoms with E-state index in [9.17, 15) is 39.0 Å². The first-order chi connectivity index (χ1) is 21.9. The van der Waals surface area contributed by atoms with Crippen LogP contribution in [0.2, 0.25) is 0 Å². The fraction of sp³-hybridized carbons (Fsp3) is 0.455. The third kappa shape index (κ3) is 5.80. The highest BCUT2D eigenvalue weighted by molar-refractivity contribution is 7.97. The topological polar surface area (TPSA) is 91.3 Å². The van der Waals surface area contributed by atoms with Crippen molar-refractivity contribution in [2.75, 3.05) is 0 Å². The van der Waals surface area contributed by atoms with Gasteiger partial charge in [-0.15, -0.1) is 0 Å². The maximum absolute atomic E-state index is 15.7. The molecule has 1 atom stereocenters. The van der Waals surface area contributed by atoms with E-state index in [2.05, 4.69) is 0 Å². The number of hydrogen-bond donors (Lipinski definition) is 0. The van der Waals surface area contributed by atoms with Crippen LogP contribution in [0.1, 0.15) is 55.8 Å². The molecule has 4 aliphatic carbocycles. The summed E-state index contributed by atoms with van der Waals surface area (Å²) >= 11 is 0. The van der Waals surface area contributed by atoms with Gasteiger partial charge in [0.05, 0.1) is 16.1 Å². The second kappa shape index (κ2) is 11.8. The van der Waals surface area contributed by atoms with E-state index in [1.54, 1.807) is 42.5 Å². The molecule has 1 unspecified atom stereocenters. The van der Waals surface area contributed by atoms with Crippen molar-refractivity contribution < 1.29 is 47.7 Å². The molecule has 5 nitrogen and oxygen atoms in total. The Morgan fingerprint density at radius 2 is 1.13 bits per heavy atom. The Kier molecular flexibility index (Phi) is 8.62. The largest absolute Gasteiger partial charge is 0.743 e. The van der Waals surface area contributed by atoms with Gasteiger partial charge in [0.2, 0.25) is 9.84 Å². The summed E-state index contributed by atoms with van der Waals surface area (Å²) in [4.78, 5) is 2.04. The summed E-state index contributed by atoms with van der Waals surface area (Å²) in [5, 5.41) is -15.9. The highest BCUT2D eigenvalue weighted by Crippen LogP contribution is 2.64. The number of sulfone groups is 1. The Labute approximate surface area is 272 Å². The summed E-state index contributed by atoms with van der Waals surface area (Å²) in [6.45, 7) is 0. The van der Waals surface area contributed by atoms with Crippen LogP contribution in [-0.4, -0.2) is 37.8 Å². The average Bonchev–Trinajstić information content (AvgIpc) is 3.00. The second-order valence-electron chi connectivity index (χ2n) is 13.2. The zero-order valence-electron chi connectivity index (χ0n) is 24.9. The quantitative estimate of drug-likeness (QED) is 0.113. The lowest BCUT2D eigenvalue weighted by Gasteiger charge is -2.57. The highest BCUT2D eigenvalue weighted by Gasteiger charge is 2.80. The predicted octanol–water partition coefficient (Wildman–Crippen LogP) is 8.21. The standard InChI is InChI=1S/C33H32F6O5S3/c34-31(35,33(38,39)47(42,43)44)32(36,37)46(40,41)29(21-30-18-22-14-23(19-30)16-24(15-22)20-30)25-8-7-13-28(17-25)45(26-9-3-1-4-10-26)27-11-5-2-6-12-27/h1-13,17,22-24,29H,14-16,18-21H2. The predicted molar refractivity (Wildman–Crippen MR) is 163 cm³/mol. The molecule has 0 radical (unpaired) electrons. The molecule has 14 heteroatoms. The van der Waals surface area contributed by atoms with Crippen LogP contribution in [-0.2, 0) is 30.9 Å². The van der Waals surface area contributed by atoms with Crippen LogP contribution >= 0.6 is 0 Å². The lowest BCUT2D eigenvalue weighted by atomic mass is 9.48. The molecule has 3 aromatic rings. The molecule has 0 amide bonds. The monoisotopic (exact) mass is 718 g/mol. The number of benzene rings is 3. The minimum absolute atomic E-state index is 0.204. The molecule has 254 valence electrons. The van der Waals surface area contributed by atoms with Crippen molar-refractivity contribution in [1.82, 2.24) is 0 Å². The highest BCUT2D eigenvalue weighted by atomic mass is 32.2.